The Hall–Kier alpha value is -3.63. The molecule has 10 heteroatoms. The van der Waals surface area contributed by atoms with E-state index < -0.39 is 21.8 Å². The van der Waals surface area contributed by atoms with Crippen molar-refractivity contribution >= 4 is 15.7 Å². The molecule has 39 heavy (non-hydrogen) atoms. The van der Waals surface area contributed by atoms with Crippen molar-refractivity contribution in [3.8, 4) is 11.3 Å². The van der Waals surface area contributed by atoms with Gasteiger partial charge in [0, 0.05) is 42.9 Å². The van der Waals surface area contributed by atoms with Crippen molar-refractivity contribution in [1.82, 2.24) is 8.96 Å². The molecule has 0 spiro atoms. The Morgan fingerprint density at radius 1 is 0.974 bits per heavy atom. The molecule has 0 radical (unpaired) electrons. The van der Waals surface area contributed by atoms with Crippen molar-refractivity contribution in [2.45, 2.75) is 43.5 Å². The third kappa shape index (κ3) is 6.02. The van der Waals surface area contributed by atoms with Gasteiger partial charge in [0.05, 0.1) is 28.9 Å². The fraction of sp³-hybridized carbons (Fsp3) is 0.276. The number of anilines is 1. The van der Waals surface area contributed by atoms with Crippen molar-refractivity contribution in [1.29, 1.82) is 0 Å². The van der Waals surface area contributed by atoms with Gasteiger partial charge in [-0.1, -0.05) is 17.7 Å². The quantitative estimate of drug-likeness (QED) is 0.268. The van der Waals surface area contributed by atoms with E-state index in [0.29, 0.717) is 31.0 Å². The van der Waals surface area contributed by atoms with E-state index in [2.05, 4.69) is 9.88 Å². The summed E-state index contributed by atoms with van der Waals surface area (Å²) >= 11 is 0. The molecule has 1 fully saturated rings. The Morgan fingerprint density at radius 3 is 2.28 bits per heavy atom. The van der Waals surface area contributed by atoms with E-state index in [4.69, 9.17) is 4.74 Å². The zero-order valence-corrected chi connectivity index (χ0v) is 22.1. The highest BCUT2D eigenvalue weighted by Gasteiger charge is 2.30. The van der Waals surface area contributed by atoms with Crippen LogP contribution in [-0.2, 0) is 27.5 Å². The number of aryl methyl sites for hydroxylation is 1. The number of alkyl halides is 3. The largest absolute Gasteiger partial charge is 0.416 e. The summed E-state index contributed by atoms with van der Waals surface area (Å²) in [6.45, 7) is 3.65. The molecule has 204 valence electrons. The van der Waals surface area contributed by atoms with Gasteiger partial charge in [0.2, 0.25) is 0 Å². The van der Waals surface area contributed by atoms with E-state index in [1.807, 2.05) is 19.1 Å². The van der Waals surface area contributed by atoms with Crippen LogP contribution in [0.25, 0.3) is 11.3 Å². The number of piperidine rings is 1. The van der Waals surface area contributed by atoms with Gasteiger partial charge >= 0.3 is 6.18 Å². The molecule has 1 saturated heterocycles. The Bertz CT molecular complexity index is 1510. The first-order valence-corrected chi connectivity index (χ1v) is 14.0. The number of hydrogen-bond acceptors (Lipinski definition) is 5. The molecule has 0 aliphatic carbocycles. The lowest BCUT2D eigenvalue weighted by Crippen LogP contribution is -2.37. The number of hydrogen-bond donors (Lipinski definition) is 0. The summed E-state index contributed by atoms with van der Waals surface area (Å²) in [5, 5.41) is 0. The second-order valence-corrected chi connectivity index (χ2v) is 11.4. The minimum atomic E-state index is -4.34. The minimum absolute atomic E-state index is 0.0328. The van der Waals surface area contributed by atoms with Crippen molar-refractivity contribution in [3.05, 3.63) is 102 Å². The average Bonchev–Trinajstić information content (AvgIpc) is 3.48. The number of pyridine rings is 1. The Labute approximate surface area is 225 Å². The molecule has 3 heterocycles. The molecule has 4 aromatic rings. The number of benzene rings is 2. The molecule has 0 bridgehead atoms. The van der Waals surface area contributed by atoms with Gasteiger partial charge in [-0.2, -0.15) is 13.2 Å². The topological polar surface area (TPSA) is 64.4 Å². The van der Waals surface area contributed by atoms with Gasteiger partial charge in [0.25, 0.3) is 10.0 Å². The lowest BCUT2D eigenvalue weighted by molar-refractivity contribution is -0.137. The molecule has 5 rings (SSSR count). The van der Waals surface area contributed by atoms with Gasteiger partial charge < -0.3 is 9.64 Å². The van der Waals surface area contributed by atoms with Crippen molar-refractivity contribution in [2.75, 3.05) is 18.0 Å². The zero-order chi connectivity index (χ0) is 27.6. The van der Waals surface area contributed by atoms with Crippen LogP contribution in [0.3, 0.4) is 0 Å². The Kier molecular flexibility index (Phi) is 7.51. The molecule has 0 N–H and O–H groups in total. The predicted molar refractivity (Wildman–Crippen MR) is 143 cm³/mol. The maximum Gasteiger partial charge on any atom is 0.416 e. The van der Waals surface area contributed by atoms with Crippen molar-refractivity contribution < 1.29 is 26.3 Å². The summed E-state index contributed by atoms with van der Waals surface area (Å²) in [7, 11) is -3.76. The fourth-order valence-corrected chi connectivity index (χ4v) is 6.06. The molecular formula is C29H28F3N3O3S. The van der Waals surface area contributed by atoms with Gasteiger partial charge in [0.1, 0.15) is 0 Å². The summed E-state index contributed by atoms with van der Waals surface area (Å²) in [5.74, 6) is 0. The predicted octanol–water partition coefficient (Wildman–Crippen LogP) is 6.30. The highest BCUT2D eigenvalue weighted by atomic mass is 32.2. The van der Waals surface area contributed by atoms with Crippen LogP contribution in [0.1, 0.15) is 29.5 Å². The molecule has 0 atom stereocenters. The van der Waals surface area contributed by atoms with Crippen molar-refractivity contribution in [2.24, 2.45) is 0 Å². The smallest absolute Gasteiger partial charge is 0.373 e. The normalized spacial score (nSPS) is 15.0. The number of halogens is 3. The van der Waals surface area contributed by atoms with E-state index in [1.54, 1.807) is 36.5 Å². The number of aromatic nitrogens is 2. The van der Waals surface area contributed by atoms with Gasteiger partial charge in [-0.15, -0.1) is 0 Å². The van der Waals surface area contributed by atoms with Crippen LogP contribution in [0.5, 0.6) is 0 Å². The maximum atomic E-state index is 13.2. The standard InChI is InChI=1S/C29H28F3N3O3S/c1-21-4-11-28(39(36,37)35-14-2-3-15-35)26(18-21)27-10-5-22(19-33-27)20-38-25-12-16-34(17-13-25)24-8-6-23(7-9-24)29(30,31)32/h2-11,14-15,18-19,25H,12-13,16-17,20H2,1H3. The molecule has 0 unspecified atom stereocenters. The molecule has 1 aliphatic heterocycles. The first-order valence-electron chi connectivity index (χ1n) is 12.6. The Morgan fingerprint density at radius 2 is 1.67 bits per heavy atom. The first kappa shape index (κ1) is 27.0. The van der Waals surface area contributed by atoms with Gasteiger partial charge in [-0.05, 0) is 79.9 Å². The van der Waals surface area contributed by atoms with Crippen molar-refractivity contribution in [3.63, 3.8) is 0 Å². The summed E-state index contributed by atoms with van der Waals surface area (Å²) in [6, 6.07) is 17.5. The monoisotopic (exact) mass is 555 g/mol. The maximum absolute atomic E-state index is 13.2. The van der Waals surface area contributed by atoms with Crippen LogP contribution < -0.4 is 4.90 Å². The molecule has 0 saturated carbocycles. The number of nitrogens with zero attached hydrogens (tertiary/aromatic N) is 3. The van der Waals surface area contributed by atoms with Gasteiger partial charge in [-0.25, -0.2) is 12.4 Å². The summed E-state index contributed by atoms with van der Waals surface area (Å²) in [4.78, 5) is 6.79. The van der Waals surface area contributed by atoms with Crippen LogP contribution in [0.4, 0.5) is 18.9 Å². The summed E-state index contributed by atoms with van der Waals surface area (Å²) in [6.07, 6.45) is 1.91. The lowest BCUT2D eigenvalue weighted by Gasteiger charge is -2.33. The molecule has 6 nitrogen and oxygen atoms in total. The third-order valence-corrected chi connectivity index (χ3v) is 8.57. The average molecular weight is 556 g/mol. The molecular weight excluding hydrogens is 527 g/mol. The second kappa shape index (κ2) is 10.9. The molecule has 2 aromatic carbocycles. The third-order valence-electron chi connectivity index (χ3n) is 6.86. The minimum Gasteiger partial charge on any atom is -0.373 e. The number of ether oxygens (including phenoxy) is 1. The Balaban J connectivity index is 1.20. The summed E-state index contributed by atoms with van der Waals surface area (Å²) < 4.78 is 72.1. The fourth-order valence-electron chi connectivity index (χ4n) is 4.69. The zero-order valence-electron chi connectivity index (χ0n) is 21.3. The van der Waals surface area contributed by atoms with Gasteiger partial charge in [-0.3, -0.25) is 4.98 Å². The van der Waals surface area contributed by atoms with E-state index >= 15 is 0 Å². The van der Waals surface area contributed by atoms with Crippen LogP contribution in [-0.4, -0.2) is 36.6 Å². The number of rotatable bonds is 7. The molecule has 1 aliphatic rings. The van der Waals surface area contributed by atoms with E-state index in [0.717, 1.165) is 41.8 Å². The highest BCUT2D eigenvalue weighted by molar-refractivity contribution is 7.90. The van der Waals surface area contributed by atoms with Crippen LogP contribution in [0, 0.1) is 6.92 Å². The van der Waals surface area contributed by atoms with Gasteiger partial charge in [0.15, 0.2) is 0 Å². The van der Waals surface area contributed by atoms with Crippen LogP contribution in [0.2, 0.25) is 0 Å². The summed E-state index contributed by atoms with van der Waals surface area (Å²) in [5.41, 5.74) is 3.00. The highest BCUT2D eigenvalue weighted by Crippen LogP contribution is 2.32. The van der Waals surface area contributed by atoms with E-state index in [1.165, 1.54) is 28.5 Å². The SMILES string of the molecule is Cc1ccc(S(=O)(=O)n2cccc2)c(-c2ccc(COC3CCN(c4ccc(C(F)(F)F)cc4)CC3)cn2)c1. The van der Waals surface area contributed by atoms with Crippen LogP contribution >= 0.6 is 0 Å². The van der Waals surface area contributed by atoms with Crippen LogP contribution in [0.15, 0.2) is 90.2 Å². The first-order chi connectivity index (χ1) is 18.6. The van der Waals surface area contributed by atoms with E-state index in [-0.39, 0.29) is 11.0 Å². The second-order valence-electron chi connectivity index (χ2n) is 9.61. The lowest BCUT2D eigenvalue weighted by atomic mass is 10.1. The molecule has 0 amide bonds. The molecule has 2 aromatic heterocycles. The van der Waals surface area contributed by atoms with E-state index in [9.17, 15) is 21.6 Å².